The van der Waals surface area contributed by atoms with E-state index in [2.05, 4.69) is 22.0 Å². The number of nitrogens with zero attached hydrogens (tertiary/aromatic N) is 2. The molecule has 0 bridgehead atoms. The van der Waals surface area contributed by atoms with Gasteiger partial charge in [-0.3, -0.25) is 4.79 Å². The Morgan fingerprint density at radius 3 is 3.00 bits per heavy atom. The molecule has 0 spiro atoms. The van der Waals surface area contributed by atoms with Crippen LogP contribution in [-0.2, 0) is 28.7 Å². The third kappa shape index (κ3) is 3.14. The van der Waals surface area contributed by atoms with Crippen LogP contribution in [0.25, 0.3) is 11.4 Å². The molecule has 24 heavy (non-hydrogen) atoms. The Morgan fingerprint density at radius 2 is 2.17 bits per heavy atom. The van der Waals surface area contributed by atoms with Crippen LogP contribution in [0.2, 0.25) is 0 Å². The summed E-state index contributed by atoms with van der Waals surface area (Å²) in [5.74, 6) is 1.36. The Balaban J connectivity index is 1.57. The number of aromatic nitrogens is 3. The average molecular weight is 331 g/mol. The highest BCUT2D eigenvalue weighted by Gasteiger charge is 2.22. The van der Waals surface area contributed by atoms with Crippen molar-refractivity contribution >= 4 is 0 Å². The van der Waals surface area contributed by atoms with E-state index in [9.17, 15) is 4.79 Å². The van der Waals surface area contributed by atoms with E-state index in [1.165, 1.54) is 5.56 Å². The molecule has 0 amide bonds. The number of aromatic amines is 1. The standard InChI is InChI=1S/C17H21N3O4/c1-10-3-4-13-11(7-10)8-12(17(21)18-13)16-19-14(24-20-16)9-15-22-5-2-6-23-15/h8,10,15H,2-7,9H2,1H3,(H,18,21). The van der Waals surface area contributed by atoms with Crippen molar-refractivity contribution in [3.8, 4) is 11.4 Å². The highest BCUT2D eigenvalue weighted by atomic mass is 16.7. The van der Waals surface area contributed by atoms with E-state index >= 15 is 0 Å². The molecule has 2 aliphatic rings. The minimum Gasteiger partial charge on any atom is -0.352 e. The highest BCUT2D eigenvalue weighted by molar-refractivity contribution is 5.54. The van der Waals surface area contributed by atoms with Crippen molar-refractivity contribution < 1.29 is 14.0 Å². The van der Waals surface area contributed by atoms with Crippen LogP contribution in [0.4, 0.5) is 0 Å². The lowest BCUT2D eigenvalue weighted by atomic mass is 9.87. The highest BCUT2D eigenvalue weighted by Crippen LogP contribution is 2.25. The quantitative estimate of drug-likeness (QED) is 0.923. The Bertz CT molecular complexity index is 776. The molecular weight excluding hydrogens is 310 g/mol. The summed E-state index contributed by atoms with van der Waals surface area (Å²) in [7, 11) is 0. The van der Waals surface area contributed by atoms with Crippen LogP contribution in [0.15, 0.2) is 15.4 Å². The number of pyridine rings is 1. The van der Waals surface area contributed by atoms with Gasteiger partial charge in [0.2, 0.25) is 11.7 Å². The largest absolute Gasteiger partial charge is 0.352 e. The van der Waals surface area contributed by atoms with Crippen LogP contribution in [-0.4, -0.2) is 34.6 Å². The van der Waals surface area contributed by atoms with Gasteiger partial charge >= 0.3 is 0 Å². The van der Waals surface area contributed by atoms with Crippen molar-refractivity contribution in [2.24, 2.45) is 5.92 Å². The van der Waals surface area contributed by atoms with Gasteiger partial charge in [0.1, 0.15) is 0 Å². The minimum absolute atomic E-state index is 0.166. The fraction of sp³-hybridized carbons (Fsp3) is 0.588. The monoisotopic (exact) mass is 331 g/mol. The first-order chi connectivity index (χ1) is 11.7. The van der Waals surface area contributed by atoms with Gasteiger partial charge in [0.25, 0.3) is 5.56 Å². The maximum atomic E-state index is 12.3. The van der Waals surface area contributed by atoms with Crippen LogP contribution in [0.3, 0.4) is 0 Å². The smallest absolute Gasteiger partial charge is 0.259 e. The first-order valence-corrected chi connectivity index (χ1v) is 8.50. The predicted molar refractivity (Wildman–Crippen MR) is 85.6 cm³/mol. The number of aryl methyl sites for hydroxylation is 1. The Kier molecular flexibility index (Phi) is 4.20. The second-order valence-corrected chi connectivity index (χ2v) is 6.60. The lowest BCUT2D eigenvalue weighted by molar-refractivity contribution is -0.179. The van der Waals surface area contributed by atoms with Crippen LogP contribution < -0.4 is 5.56 Å². The van der Waals surface area contributed by atoms with E-state index in [0.717, 1.165) is 31.4 Å². The molecule has 7 nitrogen and oxygen atoms in total. The Hall–Kier alpha value is -1.99. The normalized spacial score (nSPS) is 21.6. The second kappa shape index (κ2) is 6.49. The summed E-state index contributed by atoms with van der Waals surface area (Å²) in [6.07, 6.45) is 3.93. The van der Waals surface area contributed by atoms with Gasteiger partial charge < -0.3 is 19.0 Å². The molecule has 0 radical (unpaired) electrons. The molecule has 1 saturated heterocycles. The zero-order valence-electron chi connectivity index (χ0n) is 13.7. The molecule has 1 fully saturated rings. The number of ether oxygens (including phenoxy) is 2. The molecule has 0 saturated carbocycles. The Labute approximate surface area is 139 Å². The molecule has 1 atom stereocenters. The summed E-state index contributed by atoms with van der Waals surface area (Å²) in [4.78, 5) is 19.7. The number of H-pyrrole nitrogens is 1. The number of hydrogen-bond donors (Lipinski definition) is 1. The van der Waals surface area contributed by atoms with Crippen molar-refractivity contribution in [3.63, 3.8) is 0 Å². The van der Waals surface area contributed by atoms with E-state index in [1.54, 1.807) is 0 Å². The van der Waals surface area contributed by atoms with Crippen molar-refractivity contribution in [3.05, 3.63) is 33.6 Å². The van der Waals surface area contributed by atoms with Gasteiger partial charge in [-0.25, -0.2) is 0 Å². The maximum Gasteiger partial charge on any atom is 0.259 e. The van der Waals surface area contributed by atoms with Crippen molar-refractivity contribution in [1.29, 1.82) is 0 Å². The van der Waals surface area contributed by atoms with Crippen molar-refractivity contribution in [2.45, 2.75) is 45.3 Å². The summed E-state index contributed by atoms with van der Waals surface area (Å²) < 4.78 is 16.2. The van der Waals surface area contributed by atoms with E-state index in [4.69, 9.17) is 14.0 Å². The molecule has 1 aliphatic heterocycles. The molecule has 1 N–H and O–H groups in total. The third-order valence-corrected chi connectivity index (χ3v) is 4.62. The van der Waals surface area contributed by atoms with E-state index in [-0.39, 0.29) is 11.8 Å². The van der Waals surface area contributed by atoms with Gasteiger partial charge in [0, 0.05) is 5.69 Å². The zero-order valence-corrected chi connectivity index (χ0v) is 13.7. The van der Waals surface area contributed by atoms with Crippen LogP contribution in [0.1, 0.15) is 36.9 Å². The van der Waals surface area contributed by atoms with Gasteiger partial charge in [0.15, 0.2) is 6.29 Å². The zero-order chi connectivity index (χ0) is 16.5. The average Bonchev–Trinajstić information content (AvgIpc) is 3.04. The summed E-state index contributed by atoms with van der Waals surface area (Å²) in [5.41, 5.74) is 2.51. The van der Waals surface area contributed by atoms with E-state index in [0.29, 0.717) is 42.8 Å². The van der Waals surface area contributed by atoms with Gasteiger partial charge in [-0.15, -0.1) is 0 Å². The molecule has 1 aliphatic carbocycles. The summed E-state index contributed by atoms with van der Waals surface area (Å²) >= 11 is 0. The maximum absolute atomic E-state index is 12.3. The number of nitrogens with one attached hydrogen (secondary N) is 1. The van der Waals surface area contributed by atoms with Gasteiger partial charge in [-0.05, 0) is 43.2 Å². The number of rotatable bonds is 3. The van der Waals surface area contributed by atoms with Crippen LogP contribution in [0.5, 0.6) is 0 Å². The fourth-order valence-corrected chi connectivity index (χ4v) is 3.30. The van der Waals surface area contributed by atoms with Crippen LogP contribution >= 0.6 is 0 Å². The van der Waals surface area contributed by atoms with Crippen molar-refractivity contribution in [2.75, 3.05) is 13.2 Å². The lowest BCUT2D eigenvalue weighted by Gasteiger charge is -2.21. The SMILES string of the molecule is CC1CCc2[nH]c(=O)c(-c3noc(CC4OCCCO4)n3)cc2C1. The van der Waals surface area contributed by atoms with Crippen LogP contribution in [0, 0.1) is 5.92 Å². The minimum atomic E-state index is -0.352. The fourth-order valence-electron chi connectivity index (χ4n) is 3.30. The first-order valence-electron chi connectivity index (χ1n) is 8.50. The predicted octanol–water partition coefficient (Wildman–Crippen LogP) is 1.86. The number of fused-ring (bicyclic) bond motifs is 1. The molecule has 4 rings (SSSR count). The van der Waals surface area contributed by atoms with Gasteiger partial charge in [-0.2, -0.15) is 4.98 Å². The number of hydrogen-bond acceptors (Lipinski definition) is 6. The summed E-state index contributed by atoms with van der Waals surface area (Å²) in [6.45, 7) is 3.58. The Morgan fingerprint density at radius 1 is 1.33 bits per heavy atom. The molecule has 7 heteroatoms. The van der Waals surface area contributed by atoms with E-state index < -0.39 is 0 Å². The molecule has 2 aromatic rings. The molecule has 0 aromatic carbocycles. The summed E-state index contributed by atoms with van der Waals surface area (Å²) in [5, 5.41) is 3.96. The molecular formula is C17H21N3O4. The molecule has 3 heterocycles. The molecule has 1 unspecified atom stereocenters. The van der Waals surface area contributed by atoms with Gasteiger partial charge in [0.05, 0.1) is 25.2 Å². The molecule has 2 aromatic heterocycles. The lowest BCUT2D eigenvalue weighted by Crippen LogP contribution is -2.26. The molecule has 128 valence electrons. The van der Waals surface area contributed by atoms with Gasteiger partial charge in [-0.1, -0.05) is 12.1 Å². The van der Waals surface area contributed by atoms with Crippen molar-refractivity contribution in [1.82, 2.24) is 15.1 Å². The topological polar surface area (TPSA) is 90.2 Å². The first kappa shape index (κ1) is 15.5. The second-order valence-electron chi connectivity index (χ2n) is 6.60. The third-order valence-electron chi connectivity index (χ3n) is 4.62. The van der Waals surface area contributed by atoms with E-state index in [1.807, 2.05) is 6.07 Å². The summed E-state index contributed by atoms with van der Waals surface area (Å²) in [6, 6.07) is 1.91.